The van der Waals surface area contributed by atoms with E-state index in [2.05, 4.69) is 10.6 Å². The number of hydrogen-bond donors (Lipinski definition) is 3. The van der Waals surface area contributed by atoms with E-state index in [1.165, 1.54) is 30.3 Å². The molecule has 200 valence electrons. The SMILES string of the molecule is O=C(CCCC1(C(=O)NCc2ccc(Nc3ccccc3C(F)(F)F)cc2)CCOC1)c1cccc(O)c1. The predicted molar refractivity (Wildman–Crippen MR) is 137 cm³/mol. The molecule has 1 heterocycles. The maximum Gasteiger partial charge on any atom is 0.418 e. The molecule has 4 rings (SSSR count). The summed E-state index contributed by atoms with van der Waals surface area (Å²) in [4.78, 5) is 25.6. The summed E-state index contributed by atoms with van der Waals surface area (Å²) in [5.41, 5.74) is 0.221. The van der Waals surface area contributed by atoms with E-state index in [1.54, 1.807) is 36.4 Å². The predicted octanol–water partition coefficient (Wildman–Crippen LogP) is 6.23. The van der Waals surface area contributed by atoms with Gasteiger partial charge in [-0.2, -0.15) is 13.2 Å². The van der Waals surface area contributed by atoms with Gasteiger partial charge in [-0.3, -0.25) is 9.59 Å². The molecule has 1 unspecified atom stereocenters. The minimum absolute atomic E-state index is 0.0332. The maximum absolute atomic E-state index is 13.2. The zero-order valence-electron chi connectivity index (χ0n) is 20.7. The fourth-order valence-corrected chi connectivity index (χ4v) is 4.58. The standard InChI is InChI=1S/C29H29F3N2O4/c30-29(31,32)24-7-1-2-8-25(24)34-22-12-10-20(11-13-22)18-33-27(37)28(15-16-38-19-28)14-4-9-26(36)21-5-3-6-23(35)17-21/h1-3,5-8,10-13,17,34-35H,4,9,14-16,18-19H2,(H,33,37). The van der Waals surface area contributed by atoms with Crippen LogP contribution in [0.5, 0.6) is 5.75 Å². The Hall–Kier alpha value is -3.85. The van der Waals surface area contributed by atoms with Gasteiger partial charge in [0.1, 0.15) is 5.75 Å². The molecular formula is C29H29F3N2O4. The number of aromatic hydroxyl groups is 1. The number of ketones is 1. The number of alkyl halides is 3. The summed E-state index contributed by atoms with van der Waals surface area (Å²) < 4.78 is 45.3. The van der Waals surface area contributed by atoms with E-state index in [4.69, 9.17) is 4.74 Å². The minimum Gasteiger partial charge on any atom is -0.508 e. The van der Waals surface area contributed by atoms with E-state index >= 15 is 0 Å². The Morgan fingerprint density at radius 2 is 1.76 bits per heavy atom. The van der Waals surface area contributed by atoms with Crippen LogP contribution in [0.4, 0.5) is 24.5 Å². The summed E-state index contributed by atoms with van der Waals surface area (Å²) in [7, 11) is 0. The highest BCUT2D eigenvalue weighted by molar-refractivity contribution is 5.96. The summed E-state index contributed by atoms with van der Waals surface area (Å²) in [6.45, 7) is 0.997. The maximum atomic E-state index is 13.2. The fraction of sp³-hybridized carbons (Fsp3) is 0.310. The van der Waals surface area contributed by atoms with Crippen molar-refractivity contribution >= 4 is 23.1 Å². The third kappa shape index (κ3) is 6.72. The average Bonchev–Trinajstić information content (AvgIpc) is 3.38. The summed E-state index contributed by atoms with van der Waals surface area (Å²) in [6.07, 6.45) is -2.66. The van der Waals surface area contributed by atoms with Crippen molar-refractivity contribution in [1.29, 1.82) is 0 Å². The first-order chi connectivity index (χ1) is 18.2. The lowest BCUT2D eigenvalue weighted by Gasteiger charge is -2.26. The molecule has 1 amide bonds. The van der Waals surface area contributed by atoms with Crippen molar-refractivity contribution in [1.82, 2.24) is 5.32 Å². The molecule has 0 saturated carbocycles. The Morgan fingerprint density at radius 3 is 2.45 bits per heavy atom. The molecule has 0 bridgehead atoms. The van der Waals surface area contributed by atoms with Crippen LogP contribution in [0.1, 0.15) is 47.2 Å². The van der Waals surface area contributed by atoms with Crippen LogP contribution in [0.15, 0.2) is 72.8 Å². The van der Waals surface area contributed by atoms with Gasteiger partial charge in [0, 0.05) is 30.8 Å². The number of nitrogens with one attached hydrogen (secondary N) is 2. The molecule has 3 N–H and O–H groups in total. The van der Waals surface area contributed by atoms with Crippen molar-refractivity contribution in [2.45, 2.75) is 38.4 Å². The van der Waals surface area contributed by atoms with Crippen LogP contribution < -0.4 is 10.6 Å². The number of ether oxygens (including phenoxy) is 1. The molecule has 9 heteroatoms. The van der Waals surface area contributed by atoms with Crippen LogP contribution in [0.25, 0.3) is 0 Å². The number of amides is 1. The van der Waals surface area contributed by atoms with Gasteiger partial charge in [-0.05, 0) is 61.2 Å². The zero-order chi connectivity index (χ0) is 27.2. The van der Waals surface area contributed by atoms with Gasteiger partial charge in [-0.15, -0.1) is 0 Å². The molecule has 1 saturated heterocycles. The molecule has 0 radical (unpaired) electrons. The van der Waals surface area contributed by atoms with E-state index in [0.29, 0.717) is 37.1 Å². The molecule has 3 aromatic carbocycles. The number of carbonyl (C=O) groups is 2. The largest absolute Gasteiger partial charge is 0.508 e. The van der Waals surface area contributed by atoms with Crippen molar-refractivity contribution in [2.24, 2.45) is 5.41 Å². The van der Waals surface area contributed by atoms with Gasteiger partial charge in [0.25, 0.3) is 0 Å². The van der Waals surface area contributed by atoms with Crippen molar-refractivity contribution in [3.8, 4) is 5.75 Å². The fourth-order valence-electron chi connectivity index (χ4n) is 4.58. The van der Waals surface area contributed by atoms with E-state index < -0.39 is 17.2 Å². The number of halogens is 3. The third-order valence-corrected chi connectivity index (χ3v) is 6.73. The number of Topliss-reactive ketones (excluding diaryl/α,β-unsaturated/α-hetero) is 1. The van der Waals surface area contributed by atoms with Gasteiger partial charge in [0.05, 0.1) is 23.3 Å². The number of benzene rings is 3. The number of carbonyl (C=O) groups excluding carboxylic acids is 2. The molecule has 0 aliphatic carbocycles. The van der Waals surface area contributed by atoms with E-state index in [0.717, 1.165) is 11.6 Å². The van der Waals surface area contributed by atoms with Crippen LogP contribution in [0.3, 0.4) is 0 Å². The first-order valence-electron chi connectivity index (χ1n) is 12.4. The molecule has 6 nitrogen and oxygen atoms in total. The van der Waals surface area contributed by atoms with Gasteiger partial charge in [-0.1, -0.05) is 36.4 Å². The third-order valence-electron chi connectivity index (χ3n) is 6.73. The summed E-state index contributed by atoms with van der Waals surface area (Å²) in [5, 5.41) is 15.3. The van der Waals surface area contributed by atoms with Crippen molar-refractivity contribution in [2.75, 3.05) is 18.5 Å². The van der Waals surface area contributed by atoms with Gasteiger partial charge < -0.3 is 20.5 Å². The van der Waals surface area contributed by atoms with Crippen LogP contribution in [0.2, 0.25) is 0 Å². The Bertz CT molecular complexity index is 1270. The first-order valence-corrected chi connectivity index (χ1v) is 12.4. The second-order valence-corrected chi connectivity index (χ2v) is 9.46. The smallest absolute Gasteiger partial charge is 0.418 e. The first kappa shape index (κ1) is 27.2. The lowest BCUT2D eigenvalue weighted by atomic mass is 9.80. The molecular weight excluding hydrogens is 497 g/mol. The second kappa shape index (κ2) is 11.7. The van der Waals surface area contributed by atoms with Gasteiger partial charge >= 0.3 is 6.18 Å². The zero-order valence-corrected chi connectivity index (χ0v) is 20.7. The molecule has 0 spiro atoms. The normalized spacial score (nSPS) is 17.2. The molecule has 1 fully saturated rings. The number of para-hydroxylation sites is 1. The number of phenols is 1. The van der Waals surface area contributed by atoms with Crippen molar-refractivity contribution in [3.63, 3.8) is 0 Å². The van der Waals surface area contributed by atoms with Crippen LogP contribution in [0, 0.1) is 5.41 Å². The average molecular weight is 527 g/mol. The highest BCUT2D eigenvalue weighted by atomic mass is 19.4. The van der Waals surface area contributed by atoms with Crippen molar-refractivity contribution < 1.29 is 32.6 Å². The number of hydrogen-bond acceptors (Lipinski definition) is 5. The topological polar surface area (TPSA) is 87.7 Å². The van der Waals surface area contributed by atoms with E-state index in [-0.39, 0.29) is 42.7 Å². The number of anilines is 2. The molecule has 3 aromatic rings. The van der Waals surface area contributed by atoms with E-state index in [1.807, 2.05) is 0 Å². The lowest BCUT2D eigenvalue weighted by Crippen LogP contribution is -2.41. The molecule has 1 aliphatic rings. The van der Waals surface area contributed by atoms with Gasteiger partial charge in [-0.25, -0.2) is 0 Å². The molecule has 1 atom stereocenters. The van der Waals surface area contributed by atoms with Crippen LogP contribution in [-0.2, 0) is 22.3 Å². The van der Waals surface area contributed by atoms with Crippen LogP contribution >= 0.6 is 0 Å². The van der Waals surface area contributed by atoms with E-state index in [9.17, 15) is 27.9 Å². The minimum atomic E-state index is -4.47. The summed E-state index contributed by atoms with van der Waals surface area (Å²) in [6, 6.07) is 18.3. The highest BCUT2D eigenvalue weighted by Crippen LogP contribution is 2.36. The monoisotopic (exact) mass is 526 g/mol. The van der Waals surface area contributed by atoms with Crippen LogP contribution in [-0.4, -0.2) is 30.0 Å². The Balaban J connectivity index is 1.31. The van der Waals surface area contributed by atoms with Crippen molar-refractivity contribution in [3.05, 3.63) is 89.5 Å². The molecule has 0 aromatic heterocycles. The molecule has 1 aliphatic heterocycles. The summed E-state index contributed by atoms with van der Waals surface area (Å²) >= 11 is 0. The van der Waals surface area contributed by atoms with Gasteiger partial charge in [0.2, 0.25) is 5.91 Å². The number of phenolic OH excluding ortho intramolecular Hbond substituents is 1. The Morgan fingerprint density at radius 1 is 1.00 bits per heavy atom. The lowest BCUT2D eigenvalue weighted by molar-refractivity contribution is -0.137. The Kier molecular flexibility index (Phi) is 8.36. The quantitative estimate of drug-likeness (QED) is 0.273. The Labute approximate surface area is 218 Å². The highest BCUT2D eigenvalue weighted by Gasteiger charge is 2.41. The molecule has 38 heavy (non-hydrogen) atoms. The number of rotatable bonds is 10. The van der Waals surface area contributed by atoms with Gasteiger partial charge in [0.15, 0.2) is 5.78 Å². The summed E-state index contributed by atoms with van der Waals surface area (Å²) in [5.74, 6) is -0.214. The second-order valence-electron chi connectivity index (χ2n) is 9.46.